The highest BCUT2D eigenvalue weighted by atomic mass is 32.1. The molecule has 3 aromatic rings. The van der Waals surface area contributed by atoms with Crippen LogP contribution in [0, 0.1) is 5.82 Å². The maximum Gasteiger partial charge on any atom is 0.272 e. The van der Waals surface area contributed by atoms with Crippen molar-refractivity contribution in [2.75, 3.05) is 6.54 Å². The minimum Gasteiger partial charge on any atom is -0.343 e. The van der Waals surface area contributed by atoms with Gasteiger partial charge in [0, 0.05) is 36.3 Å². The standard InChI is InChI=1S/C20H20FN5OS/c21-12-6-4-11(5-7-12)20-24-16-3-1-2-15(18(16)28-20)23-19(27)17-13-10-22-9-8-14(13)25-26-17/h4-7,15,22H,1-3,8-10H2,(H,23,27)(H,25,26). The summed E-state index contributed by atoms with van der Waals surface area (Å²) in [6.45, 7) is 1.56. The molecule has 0 bridgehead atoms. The fraction of sp³-hybridized carbons (Fsp3) is 0.350. The maximum atomic E-state index is 13.2. The van der Waals surface area contributed by atoms with Crippen molar-refractivity contribution in [1.29, 1.82) is 0 Å². The summed E-state index contributed by atoms with van der Waals surface area (Å²) in [6.07, 6.45) is 3.62. The van der Waals surface area contributed by atoms with E-state index >= 15 is 0 Å². The maximum absolute atomic E-state index is 13.2. The molecule has 2 aliphatic rings. The molecular formula is C20H20FN5OS. The number of halogens is 1. The predicted octanol–water partition coefficient (Wildman–Crippen LogP) is 3.13. The fourth-order valence-electron chi connectivity index (χ4n) is 3.91. The van der Waals surface area contributed by atoms with Gasteiger partial charge in [-0.25, -0.2) is 9.37 Å². The fourth-order valence-corrected chi connectivity index (χ4v) is 5.12. The third-order valence-electron chi connectivity index (χ3n) is 5.37. The number of fused-ring (bicyclic) bond motifs is 2. The van der Waals surface area contributed by atoms with Gasteiger partial charge in [0.25, 0.3) is 5.91 Å². The molecule has 1 unspecified atom stereocenters. The highest BCUT2D eigenvalue weighted by Gasteiger charge is 2.29. The Hall–Kier alpha value is -2.58. The summed E-state index contributed by atoms with van der Waals surface area (Å²) in [6, 6.07) is 6.33. The lowest BCUT2D eigenvalue weighted by atomic mass is 9.97. The lowest BCUT2D eigenvalue weighted by molar-refractivity contribution is 0.0927. The summed E-state index contributed by atoms with van der Waals surface area (Å²) in [7, 11) is 0. The Labute approximate surface area is 165 Å². The van der Waals surface area contributed by atoms with E-state index in [2.05, 4.69) is 20.8 Å². The Morgan fingerprint density at radius 3 is 2.96 bits per heavy atom. The number of carbonyl (C=O) groups excluding carboxylic acids is 1. The highest BCUT2D eigenvalue weighted by Crippen LogP contribution is 2.38. The zero-order valence-electron chi connectivity index (χ0n) is 15.2. The monoisotopic (exact) mass is 397 g/mol. The second kappa shape index (κ2) is 7.10. The molecule has 0 radical (unpaired) electrons. The second-order valence-electron chi connectivity index (χ2n) is 7.21. The number of aromatic nitrogens is 3. The van der Waals surface area contributed by atoms with Gasteiger partial charge in [-0.1, -0.05) is 0 Å². The van der Waals surface area contributed by atoms with Gasteiger partial charge in [0.2, 0.25) is 0 Å². The van der Waals surface area contributed by atoms with Crippen LogP contribution >= 0.6 is 11.3 Å². The Balaban J connectivity index is 1.40. The minimum absolute atomic E-state index is 0.0631. The van der Waals surface area contributed by atoms with Crippen molar-refractivity contribution in [3.8, 4) is 10.6 Å². The quantitative estimate of drug-likeness (QED) is 0.634. The molecule has 0 spiro atoms. The van der Waals surface area contributed by atoms with E-state index in [1.165, 1.54) is 12.1 Å². The van der Waals surface area contributed by atoms with Crippen molar-refractivity contribution in [3.05, 3.63) is 57.6 Å². The van der Waals surface area contributed by atoms with E-state index in [0.29, 0.717) is 12.2 Å². The van der Waals surface area contributed by atoms with Crippen molar-refractivity contribution in [2.24, 2.45) is 0 Å². The number of H-pyrrole nitrogens is 1. The van der Waals surface area contributed by atoms with Gasteiger partial charge < -0.3 is 10.6 Å². The molecule has 0 fully saturated rings. The van der Waals surface area contributed by atoms with E-state index < -0.39 is 0 Å². The van der Waals surface area contributed by atoms with Crippen LogP contribution in [-0.4, -0.2) is 27.6 Å². The van der Waals surface area contributed by atoms with Crippen LogP contribution in [0.2, 0.25) is 0 Å². The molecule has 1 amide bonds. The number of thiazole rings is 1. The molecule has 6 nitrogen and oxygen atoms in total. The molecule has 0 saturated carbocycles. The van der Waals surface area contributed by atoms with Crippen molar-refractivity contribution >= 4 is 17.2 Å². The first kappa shape index (κ1) is 17.5. The zero-order chi connectivity index (χ0) is 19.1. The summed E-state index contributed by atoms with van der Waals surface area (Å²) < 4.78 is 13.2. The molecule has 5 rings (SSSR count). The summed E-state index contributed by atoms with van der Waals surface area (Å²) in [5.41, 5.74) is 4.43. The van der Waals surface area contributed by atoms with Crippen LogP contribution in [-0.2, 0) is 19.4 Å². The van der Waals surface area contributed by atoms with E-state index in [4.69, 9.17) is 4.98 Å². The lowest BCUT2D eigenvalue weighted by Crippen LogP contribution is -2.32. The molecule has 3 heterocycles. The SMILES string of the molecule is O=C(NC1CCCc2nc(-c3ccc(F)cc3)sc21)c1n[nH]c2c1CNCC2. The largest absolute Gasteiger partial charge is 0.343 e. The Kier molecular flexibility index (Phi) is 4.44. The number of aromatic amines is 1. The van der Waals surface area contributed by atoms with E-state index in [9.17, 15) is 9.18 Å². The number of benzene rings is 1. The molecule has 3 N–H and O–H groups in total. The number of nitrogens with zero attached hydrogens (tertiary/aromatic N) is 2. The van der Waals surface area contributed by atoms with Crippen LogP contribution in [0.3, 0.4) is 0 Å². The molecule has 1 aliphatic heterocycles. The van der Waals surface area contributed by atoms with Gasteiger partial charge in [-0.2, -0.15) is 5.10 Å². The molecular weight excluding hydrogens is 377 g/mol. The smallest absolute Gasteiger partial charge is 0.272 e. The lowest BCUT2D eigenvalue weighted by Gasteiger charge is -2.22. The third-order valence-corrected chi connectivity index (χ3v) is 6.63. The molecule has 8 heteroatoms. The summed E-state index contributed by atoms with van der Waals surface area (Å²) in [5.74, 6) is -0.400. The van der Waals surface area contributed by atoms with Gasteiger partial charge in [-0.15, -0.1) is 11.3 Å². The average Bonchev–Trinajstić information content (AvgIpc) is 3.33. The van der Waals surface area contributed by atoms with Crippen molar-refractivity contribution in [3.63, 3.8) is 0 Å². The van der Waals surface area contributed by atoms with Crippen molar-refractivity contribution < 1.29 is 9.18 Å². The Morgan fingerprint density at radius 2 is 2.11 bits per heavy atom. The van der Waals surface area contributed by atoms with Gasteiger partial charge in [0.15, 0.2) is 5.69 Å². The Morgan fingerprint density at radius 1 is 1.25 bits per heavy atom. The van der Waals surface area contributed by atoms with E-state index in [-0.39, 0.29) is 17.8 Å². The normalized spacial score (nSPS) is 18.4. The highest BCUT2D eigenvalue weighted by molar-refractivity contribution is 7.15. The molecule has 0 saturated heterocycles. The Bertz CT molecular complexity index is 1030. The van der Waals surface area contributed by atoms with Crippen molar-refractivity contribution in [1.82, 2.24) is 25.8 Å². The van der Waals surface area contributed by atoms with E-state index in [1.807, 2.05) is 0 Å². The molecule has 1 aliphatic carbocycles. The van der Waals surface area contributed by atoms with Crippen LogP contribution in [0.15, 0.2) is 24.3 Å². The van der Waals surface area contributed by atoms with Crippen LogP contribution in [0.1, 0.15) is 51.2 Å². The second-order valence-corrected chi connectivity index (χ2v) is 8.24. The van der Waals surface area contributed by atoms with Crippen molar-refractivity contribution in [2.45, 2.75) is 38.3 Å². The first-order valence-electron chi connectivity index (χ1n) is 9.52. The van der Waals surface area contributed by atoms with Crippen LogP contribution in [0.25, 0.3) is 10.6 Å². The van der Waals surface area contributed by atoms with Crippen LogP contribution in [0.4, 0.5) is 4.39 Å². The molecule has 28 heavy (non-hydrogen) atoms. The van der Waals surface area contributed by atoms with Gasteiger partial charge in [0.05, 0.1) is 16.6 Å². The summed E-state index contributed by atoms with van der Waals surface area (Å²) in [4.78, 5) is 18.7. The number of hydrogen-bond acceptors (Lipinski definition) is 5. The zero-order valence-corrected chi connectivity index (χ0v) is 16.0. The third kappa shape index (κ3) is 3.12. The number of hydrogen-bond donors (Lipinski definition) is 3. The first-order chi connectivity index (χ1) is 13.7. The van der Waals surface area contributed by atoms with E-state index in [1.54, 1.807) is 23.5 Å². The van der Waals surface area contributed by atoms with Gasteiger partial charge >= 0.3 is 0 Å². The number of rotatable bonds is 3. The predicted molar refractivity (Wildman–Crippen MR) is 105 cm³/mol. The average molecular weight is 397 g/mol. The van der Waals surface area contributed by atoms with Crippen LogP contribution in [0.5, 0.6) is 0 Å². The number of carbonyl (C=O) groups is 1. The number of aryl methyl sites for hydroxylation is 1. The number of nitrogens with one attached hydrogen (secondary N) is 3. The molecule has 2 aromatic heterocycles. The molecule has 144 valence electrons. The summed E-state index contributed by atoms with van der Waals surface area (Å²) >= 11 is 1.58. The van der Waals surface area contributed by atoms with E-state index in [0.717, 1.165) is 64.6 Å². The van der Waals surface area contributed by atoms with Gasteiger partial charge in [0.1, 0.15) is 10.8 Å². The molecule has 1 atom stereocenters. The summed E-state index contributed by atoms with van der Waals surface area (Å²) in [5, 5.41) is 14.6. The minimum atomic E-state index is -0.257. The van der Waals surface area contributed by atoms with Crippen LogP contribution < -0.4 is 10.6 Å². The topological polar surface area (TPSA) is 82.7 Å². The van der Waals surface area contributed by atoms with Gasteiger partial charge in [-0.3, -0.25) is 9.89 Å². The molecule has 1 aromatic carbocycles. The number of amides is 1. The van der Waals surface area contributed by atoms with Gasteiger partial charge in [-0.05, 0) is 43.5 Å². The first-order valence-corrected chi connectivity index (χ1v) is 10.3.